The van der Waals surface area contributed by atoms with Crippen molar-refractivity contribution in [3.8, 4) is 0 Å². The summed E-state index contributed by atoms with van der Waals surface area (Å²) < 4.78 is 41.5. The van der Waals surface area contributed by atoms with Crippen molar-refractivity contribution in [2.24, 2.45) is 5.92 Å². The summed E-state index contributed by atoms with van der Waals surface area (Å²) in [6.07, 6.45) is 3.39. The van der Waals surface area contributed by atoms with Crippen LogP contribution in [0.25, 0.3) is 11.0 Å². The molecule has 4 rings (SSSR count). The van der Waals surface area contributed by atoms with Gasteiger partial charge in [-0.2, -0.15) is 13.1 Å². The number of aromatic nitrogens is 2. The topological polar surface area (TPSA) is 101 Å². The summed E-state index contributed by atoms with van der Waals surface area (Å²) in [6, 6.07) is 4.97. The lowest BCUT2D eigenvalue weighted by Crippen LogP contribution is -2.46. The maximum absolute atomic E-state index is 13.1. The summed E-state index contributed by atoms with van der Waals surface area (Å²) in [5, 5.41) is 2.93. The van der Waals surface area contributed by atoms with E-state index in [1.807, 2.05) is 0 Å². The SMILES string of the molecule is O=C(NC[C@@H]1CCCO1)[C@@H]1CCCN(S(=O)(=O)c2cccc3nsnc23)C1. The van der Waals surface area contributed by atoms with E-state index < -0.39 is 10.0 Å². The summed E-state index contributed by atoms with van der Waals surface area (Å²) >= 11 is 0.995. The second-order valence-electron chi connectivity index (χ2n) is 6.97. The number of rotatable bonds is 5. The number of hydrogen-bond donors (Lipinski definition) is 1. The van der Waals surface area contributed by atoms with E-state index in [0.29, 0.717) is 37.0 Å². The smallest absolute Gasteiger partial charge is 0.245 e. The van der Waals surface area contributed by atoms with E-state index in [-0.39, 0.29) is 29.4 Å². The van der Waals surface area contributed by atoms with E-state index in [2.05, 4.69) is 14.1 Å². The van der Waals surface area contributed by atoms with Crippen LogP contribution in [-0.2, 0) is 19.6 Å². The molecule has 10 heteroatoms. The fraction of sp³-hybridized carbons (Fsp3) is 0.588. The van der Waals surface area contributed by atoms with Gasteiger partial charge in [0.15, 0.2) is 0 Å². The largest absolute Gasteiger partial charge is 0.376 e. The number of fused-ring (bicyclic) bond motifs is 1. The molecule has 2 aliphatic rings. The van der Waals surface area contributed by atoms with Crippen molar-refractivity contribution < 1.29 is 17.9 Å². The van der Waals surface area contributed by atoms with Gasteiger partial charge in [-0.3, -0.25) is 4.79 Å². The Hall–Kier alpha value is -1.62. The van der Waals surface area contributed by atoms with Gasteiger partial charge in [-0.05, 0) is 37.8 Å². The number of sulfonamides is 1. The molecule has 0 radical (unpaired) electrons. The molecule has 0 unspecified atom stereocenters. The fourth-order valence-electron chi connectivity index (χ4n) is 3.67. The fourth-order valence-corrected chi connectivity index (χ4v) is 5.94. The standard InChI is InChI=1S/C17H22N4O4S2/c22-17(18-10-13-5-3-9-25-13)12-4-2-8-21(11-12)27(23,24)15-7-1-6-14-16(15)20-26-19-14/h1,6-7,12-13H,2-5,8-11H2,(H,18,22)/t12-,13+/m1/s1. The highest BCUT2D eigenvalue weighted by molar-refractivity contribution is 7.89. The monoisotopic (exact) mass is 410 g/mol. The van der Waals surface area contributed by atoms with Gasteiger partial charge in [-0.15, -0.1) is 0 Å². The third-order valence-corrected chi connectivity index (χ3v) is 7.59. The Morgan fingerprint density at radius 1 is 1.30 bits per heavy atom. The molecule has 0 aliphatic carbocycles. The number of ether oxygens (including phenoxy) is 1. The molecule has 1 amide bonds. The van der Waals surface area contributed by atoms with E-state index in [0.717, 1.165) is 31.2 Å². The molecule has 2 saturated heterocycles. The third-order valence-electron chi connectivity index (χ3n) is 5.15. The molecule has 2 fully saturated rings. The molecule has 2 atom stereocenters. The van der Waals surface area contributed by atoms with Crippen LogP contribution in [0.5, 0.6) is 0 Å². The Labute approximate surface area is 162 Å². The van der Waals surface area contributed by atoms with Gasteiger partial charge < -0.3 is 10.1 Å². The van der Waals surface area contributed by atoms with Gasteiger partial charge in [-0.1, -0.05) is 6.07 Å². The normalized spacial score (nSPS) is 24.3. The second-order valence-corrected chi connectivity index (χ2v) is 9.41. The third kappa shape index (κ3) is 3.84. The first kappa shape index (κ1) is 18.7. The van der Waals surface area contributed by atoms with Crippen LogP contribution in [0.4, 0.5) is 0 Å². The summed E-state index contributed by atoms with van der Waals surface area (Å²) in [6.45, 7) is 1.83. The number of piperidine rings is 1. The van der Waals surface area contributed by atoms with Crippen molar-refractivity contribution in [2.75, 3.05) is 26.2 Å². The molecule has 2 aliphatic heterocycles. The quantitative estimate of drug-likeness (QED) is 0.799. The van der Waals surface area contributed by atoms with Crippen LogP contribution in [0.15, 0.2) is 23.1 Å². The van der Waals surface area contributed by atoms with Crippen molar-refractivity contribution in [1.29, 1.82) is 0 Å². The van der Waals surface area contributed by atoms with Crippen LogP contribution >= 0.6 is 11.7 Å². The van der Waals surface area contributed by atoms with Crippen LogP contribution < -0.4 is 5.32 Å². The Bertz CT molecular complexity index is 924. The number of nitrogens with zero attached hydrogens (tertiary/aromatic N) is 3. The van der Waals surface area contributed by atoms with E-state index in [9.17, 15) is 13.2 Å². The highest BCUT2D eigenvalue weighted by Crippen LogP contribution is 2.28. The lowest BCUT2D eigenvalue weighted by molar-refractivity contribution is -0.126. The number of amides is 1. The van der Waals surface area contributed by atoms with Gasteiger partial charge in [0.1, 0.15) is 15.9 Å². The Morgan fingerprint density at radius 3 is 3.00 bits per heavy atom. The Morgan fingerprint density at radius 2 is 2.19 bits per heavy atom. The highest BCUT2D eigenvalue weighted by Gasteiger charge is 2.34. The van der Waals surface area contributed by atoms with Crippen LogP contribution in [0.3, 0.4) is 0 Å². The summed E-state index contributed by atoms with van der Waals surface area (Å²) in [7, 11) is -3.72. The lowest BCUT2D eigenvalue weighted by atomic mass is 9.99. The summed E-state index contributed by atoms with van der Waals surface area (Å²) in [5.74, 6) is -0.443. The van der Waals surface area contributed by atoms with Crippen LogP contribution in [0, 0.1) is 5.92 Å². The maximum atomic E-state index is 13.1. The predicted octanol–water partition coefficient (Wildman–Crippen LogP) is 1.39. The zero-order valence-electron chi connectivity index (χ0n) is 14.8. The average Bonchev–Trinajstić information content (AvgIpc) is 3.37. The maximum Gasteiger partial charge on any atom is 0.245 e. The highest BCUT2D eigenvalue weighted by atomic mass is 32.2. The first-order valence-electron chi connectivity index (χ1n) is 9.16. The Balaban J connectivity index is 1.47. The summed E-state index contributed by atoms with van der Waals surface area (Å²) in [5.41, 5.74) is 0.969. The minimum atomic E-state index is -3.72. The average molecular weight is 411 g/mol. The minimum Gasteiger partial charge on any atom is -0.376 e. The predicted molar refractivity (Wildman–Crippen MR) is 101 cm³/mol. The van der Waals surface area contributed by atoms with Crippen molar-refractivity contribution in [3.63, 3.8) is 0 Å². The van der Waals surface area contributed by atoms with Gasteiger partial charge in [0.25, 0.3) is 0 Å². The van der Waals surface area contributed by atoms with Gasteiger partial charge in [-0.25, -0.2) is 8.42 Å². The van der Waals surface area contributed by atoms with E-state index in [1.54, 1.807) is 18.2 Å². The Kier molecular flexibility index (Phi) is 5.40. The molecular weight excluding hydrogens is 388 g/mol. The molecule has 3 heterocycles. The molecule has 146 valence electrons. The molecule has 1 N–H and O–H groups in total. The van der Waals surface area contributed by atoms with Crippen molar-refractivity contribution in [3.05, 3.63) is 18.2 Å². The van der Waals surface area contributed by atoms with Crippen LogP contribution in [0.2, 0.25) is 0 Å². The van der Waals surface area contributed by atoms with E-state index >= 15 is 0 Å². The number of nitrogens with one attached hydrogen (secondary N) is 1. The molecule has 1 aromatic carbocycles. The first-order valence-corrected chi connectivity index (χ1v) is 11.3. The number of carbonyl (C=O) groups excluding carboxylic acids is 1. The van der Waals surface area contributed by atoms with Gasteiger partial charge in [0, 0.05) is 26.2 Å². The second kappa shape index (κ2) is 7.78. The van der Waals surface area contributed by atoms with E-state index in [4.69, 9.17) is 4.74 Å². The summed E-state index contributed by atoms with van der Waals surface area (Å²) in [4.78, 5) is 12.7. The van der Waals surface area contributed by atoms with Crippen molar-refractivity contribution in [2.45, 2.75) is 36.7 Å². The zero-order valence-corrected chi connectivity index (χ0v) is 16.5. The minimum absolute atomic E-state index is 0.0761. The van der Waals surface area contributed by atoms with Crippen molar-refractivity contribution >= 4 is 38.7 Å². The molecule has 0 spiro atoms. The molecule has 8 nitrogen and oxygen atoms in total. The van der Waals surface area contributed by atoms with Crippen LogP contribution in [0.1, 0.15) is 25.7 Å². The molecular formula is C17H22N4O4S2. The van der Waals surface area contributed by atoms with Gasteiger partial charge in [0.2, 0.25) is 15.9 Å². The number of carbonyl (C=O) groups is 1. The lowest BCUT2D eigenvalue weighted by Gasteiger charge is -2.31. The molecule has 0 saturated carbocycles. The van der Waals surface area contributed by atoms with Gasteiger partial charge in [0.05, 0.1) is 23.8 Å². The van der Waals surface area contributed by atoms with Crippen LogP contribution in [-0.4, -0.2) is 59.7 Å². The van der Waals surface area contributed by atoms with E-state index in [1.165, 1.54) is 4.31 Å². The number of benzene rings is 1. The number of hydrogen-bond acceptors (Lipinski definition) is 7. The zero-order chi connectivity index (χ0) is 18.9. The van der Waals surface area contributed by atoms with Gasteiger partial charge >= 0.3 is 0 Å². The molecule has 2 aromatic rings. The molecule has 1 aromatic heterocycles. The first-order chi connectivity index (χ1) is 13.1. The molecule has 0 bridgehead atoms. The van der Waals surface area contributed by atoms with Crippen molar-refractivity contribution in [1.82, 2.24) is 18.4 Å². The molecule has 27 heavy (non-hydrogen) atoms.